The average Bonchev–Trinajstić information content (AvgIpc) is 3.08. The van der Waals surface area contributed by atoms with Crippen LogP contribution < -0.4 is 5.84 Å². The van der Waals surface area contributed by atoms with Gasteiger partial charge in [-0.15, -0.1) is 0 Å². The highest BCUT2D eigenvalue weighted by Gasteiger charge is 2.45. The number of hydrogen-bond acceptors (Lipinski definition) is 6. The highest BCUT2D eigenvalue weighted by atomic mass is 19.4. The molecule has 3 rings (SSSR count). The van der Waals surface area contributed by atoms with Crippen LogP contribution in [-0.4, -0.2) is 54.9 Å². The lowest BCUT2D eigenvalue weighted by Crippen LogP contribution is -2.39. The monoisotopic (exact) mass is 409 g/mol. The molecule has 1 aromatic carbocycles. The van der Waals surface area contributed by atoms with E-state index in [0.29, 0.717) is 12.2 Å². The van der Waals surface area contributed by atoms with E-state index in [4.69, 9.17) is 20.4 Å². The summed E-state index contributed by atoms with van der Waals surface area (Å²) in [6.07, 6.45) is -1.68. The molecule has 0 aromatic heterocycles. The van der Waals surface area contributed by atoms with Gasteiger partial charge < -0.3 is 20.4 Å². The lowest BCUT2D eigenvalue weighted by Gasteiger charge is -2.35. The van der Waals surface area contributed by atoms with Gasteiger partial charge in [0.25, 0.3) is 0 Å². The molecular weight excluding hydrogens is 387 g/mol. The van der Waals surface area contributed by atoms with Crippen molar-refractivity contribution in [2.45, 2.75) is 43.8 Å². The Balaban J connectivity index is 1.75. The fourth-order valence-corrected chi connectivity index (χ4v) is 3.34. The lowest BCUT2D eigenvalue weighted by atomic mass is 9.81. The van der Waals surface area contributed by atoms with Gasteiger partial charge in [-0.3, -0.25) is 4.99 Å². The summed E-state index contributed by atoms with van der Waals surface area (Å²) in [6, 6.07) is 4.32. The van der Waals surface area contributed by atoms with Gasteiger partial charge in [-0.1, -0.05) is 17.9 Å². The molecule has 29 heavy (non-hydrogen) atoms. The first-order chi connectivity index (χ1) is 13.8. The molecule has 156 valence electrons. The van der Waals surface area contributed by atoms with E-state index in [1.807, 2.05) is 0 Å². The van der Waals surface area contributed by atoms with Crippen molar-refractivity contribution in [1.29, 1.82) is 0 Å². The van der Waals surface area contributed by atoms with E-state index in [-0.39, 0.29) is 35.6 Å². The molecule has 1 aliphatic carbocycles. The van der Waals surface area contributed by atoms with E-state index in [1.165, 1.54) is 18.3 Å². The Morgan fingerprint density at radius 1 is 1.38 bits per heavy atom. The van der Waals surface area contributed by atoms with Crippen molar-refractivity contribution in [2.75, 3.05) is 19.8 Å². The van der Waals surface area contributed by atoms with Gasteiger partial charge in [-0.2, -0.15) is 18.3 Å². The van der Waals surface area contributed by atoms with Crippen LogP contribution in [0.15, 0.2) is 28.3 Å². The summed E-state index contributed by atoms with van der Waals surface area (Å²) in [4.78, 5) is 4.21. The molecule has 2 aliphatic rings. The average molecular weight is 409 g/mol. The van der Waals surface area contributed by atoms with Crippen molar-refractivity contribution < 1.29 is 27.8 Å². The number of alkyl halides is 3. The van der Waals surface area contributed by atoms with Crippen molar-refractivity contribution in [1.82, 2.24) is 0 Å². The number of hydrazone groups is 1. The van der Waals surface area contributed by atoms with Crippen LogP contribution in [0, 0.1) is 11.8 Å². The summed E-state index contributed by atoms with van der Waals surface area (Å²) >= 11 is 0. The molecule has 9 heteroatoms. The van der Waals surface area contributed by atoms with E-state index in [1.54, 1.807) is 6.07 Å². The maximum absolute atomic E-state index is 13.0. The Morgan fingerprint density at radius 3 is 2.76 bits per heavy atom. The molecule has 6 nitrogen and oxygen atoms in total. The fourth-order valence-electron chi connectivity index (χ4n) is 3.34. The topological polar surface area (TPSA) is 89.4 Å². The molecule has 1 heterocycles. The zero-order chi connectivity index (χ0) is 20.9. The van der Waals surface area contributed by atoms with E-state index in [2.05, 4.69) is 21.9 Å². The number of rotatable bonds is 5. The minimum absolute atomic E-state index is 0.0281. The third-order valence-corrected chi connectivity index (χ3v) is 4.87. The van der Waals surface area contributed by atoms with E-state index < -0.39 is 18.9 Å². The number of aliphatic hydroxyl groups excluding tert-OH is 1. The van der Waals surface area contributed by atoms with Crippen LogP contribution in [0.4, 0.5) is 13.2 Å². The number of nitrogens with zero attached hydrogens (tertiary/aromatic N) is 2. The Morgan fingerprint density at radius 2 is 2.17 bits per heavy atom. The third-order valence-electron chi connectivity index (χ3n) is 4.87. The molecular formula is C20H22F3N3O3. The molecule has 1 aromatic rings. The number of aliphatic imine (C=N–C) groups is 1. The number of halogens is 3. The van der Waals surface area contributed by atoms with Crippen LogP contribution in [0.3, 0.4) is 0 Å². The number of ether oxygens (including phenoxy) is 2. The van der Waals surface area contributed by atoms with Crippen molar-refractivity contribution in [2.24, 2.45) is 15.9 Å². The predicted molar refractivity (Wildman–Crippen MR) is 102 cm³/mol. The Kier molecular flexibility index (Phi) is 6.57. The van der Waals surface area contributed by atoms with Crippen molar-refractivity contribution in [3.63, 3.8) is 0 Å². The van der Waals surface area contributed by atoms with Gasteiger partial charge in [-0.25, -0.2) is 0 Å². The molecule has 3 N–H and O–H groups in total. The number of aliphatic hydroxyl groups is 1. The van der Waals surface area contributed by atoms with Gasteiger partial charge in [0, 0.05) is 17.3 Å². The SMILES string of the molecule is N/N=C(\C=NCC1OCC2(CCC2)O1)c1ccc(C#CCO)cc1CC(F)(F)F. The van der Waals surface area contributed by atoms with Crippen LogP contribution in [0.25, 0.3) is 0 Å². The van der Waals surface area contributed by atoms with E-state index in [0.717, 1.165) is 19.3 Å². The molecule has 1 saturated heterocycles. The standard InChI is InChI=1S/C20H22F3N3O3/c21-20(22,23)10-15-9-14(3-1-8-27)4-5-16(15)17(26-24)11-25-12-18-28-13-19(29-18)6-2-7-19/h4-5,9,11,18,27H,2,6-8,10,12-13,24H2/b25-11?,26-17+. The summed E-state index contributed by atoms with van der Waals surface area (Å²) in [5.74, 6) is 10.4. The summed E-state index contributed by atoms with van der Waals surface area (Å²) in [5, 5.41) is 12.4. The normalized spacial score (nSPS) is 21.2. The molecule has 2 fully saturated rings. The van der Waals surface area contributed by atoms with Gasteiger partial charge >= 0.3 is 6.18 Å². The summed E-state index contributed by atoms with van der Waals surface area (Å²) in [6.45, 7) is 0.359. The smallest absolute Gasteiger partial charge is 0.384 e. The van der Waals surface area contributed by atoms with Gasteiger partial charge in [0.15, 0.2) is 6.29 Å². The molecule has 1 atom stereocenters. The maximum atomic E-state index is 13.0. The first-order valence-corrected chi connectivity index (χ1v) is 9.21. The van der Waals surface area contributed by atoms with Gasteiger partial charge in [0.2, 0.25) is 0 Å². The Bertz CT molecular complexity index is 852. The summed E-state index contributed by atoms with van der Waals surface area (Å²) in [5.41, 5.74) is 0.471. The highest BCUT2D eigenvalue weighted by molar-refractivity contribution is 6.38. The second-order valence-electron chi connectivity index (χ2n) is 7.03. The predicted octanol–water partition coefficient (Wildman–Crippen LogP) is 2.16. The first-order valence-electron chi connectivity index (χ1n) is 9.21. The van der Waals surface area contributed by atoms with Crippen LogP contribution in [0.1, 0.15) is 36.0 Å². The lowest BCUT2D eigenvalue weighted by molar-refractivity contribution is -0.127. The number of benzene rings is 1. The zero-order valence-corrected chi connectivity index (χ0v) is 15.7. The number of nitrogens with two attached hydrogens (primary N) is 1. The second kappa shape index (κ2) is 8.95. The third kappa shape index (κ3) is 5.56. The largest absolute Gasteiger partial charge is 0.393 e. The fraction of sp³-hybridized carbons (Fsp3) is 0.500. The van der Waals surface area contributed by atoms with Gasteiger partial charge in [0.1, 0.15) is 12.3 Å². The minimum atomic E-state index is -4.42. The van der Waals surface area contributed by atoms with Crippen LogP contribution >= 0.6 is 0 Å². The Labute approximate surface area is 166 Å². The molecule has 1 spiro atoms. The molecule has 1 saturated carbocycles. The molecule has 0 amide bonds. The summed E-state index contributed by atoms with van der Waals surface area (Å²) < 4.78 is 50.5. The highest BCUT2D eigenvalue weighted by Crippen LogP contribution is 2.40. The molecule has 1 unspecified atom stereocenters. The van der Waals surface area contributed by atoms with Crippen LogP contribution in [0.5, 0.6) is 0 Å². The van der Waals surface area contributed by atoms with Crippen molar-refractivity contribution in [3.8, 4) is 11.8 Å². The molecule has 1 aliphatic heterocycles. The molecule has 0 bridgehead atoms. The van der Waals surface area contributed by atoms with Crippen LogP contribution in [0.2, 0.25) is 0 Å². The second-order valence-corrected chi connectivity index (χ2v) is 7.03. The number of hydrogen-bond donors (Lipinski definition) is 2. The van der Waals surface area contributed by atoms with Gasteiger partial charge in [0.05, 0.1) is 25.2 Å². The van der Waals surface area contributed by atoms with Crippen LogP contribution in [-0.2, 0) is 15.9 Å². The Hall–Kier alpha value is -2.41. The first kappa shape index (κ1) is 21.3. The van der Waals surface area contributed by atoms with Crippen molar-refractivity contribution >= 4 is 11.9 Å². The zero-order valence-electron chi connectivity index (χ0n) is 15.7. The molecule has 0 radical (unpaired) electrons. The van der Waals surface area contributed by atoms with E-state index in [9.17, 15) is 13.2 Å². The van der Waals surface area contributed by atoms with Gasteiger partial charge in [-0.05, 0) is 37.0 Å². The quantitative estimate of drug-likeness (QED) is 0.338. The maximum Gasteiger partial charge on any atom is 0.393 e. The van der Waals surface area contributed by atoms with Crippen molar-refractivity contribution in [3.05, 3.63) is 34.9 Å². The minimum Gasteiger partial charge on any atom is -0.384 e. The van der Waals surface area contributed by atoms with E-state index >= 15 is 0 Å². The summed E-state index contributed by atoms with van der Waals surface area (Å²) in [7, 11) is 0.